The van der Waals surface area contributed by atoms with Crippen molar-refractivity contribution in [3.63, 3.8) is 0 Å². The number of hydrogen-bond acceptors (Lipinski definition) is 2. The molecular weight excluding hydrogens is 315 g/mol. The first-order valence-electron chi connectivity index (χ1n) is 7.70. The minimum atomic E-state index is -0.455. The maximum Gasteiger partial charge on any atom is 0.253 e. The first-order chi connectivity index (χ1) is 11.1. The molecule has 3 rings (SSSR count). The van der Waals surface area contributed by atoms with Gasteiger partial charge in [-0.25, -0.2) is 4.39 Å². The second-order valence-corrected chi connectivity index (χ2v) is 6.07. The molecule has 1 saturated heterocycles. The van der Waals surface area contributed by atoms with Gasteiger partial charge in [-0.1, -0.05) is 23.7 Å². The first kappa shape index (κ1) is 15.8. The minimum absolute atomic E-state index is 0.117. The van der Waals surface area contributed by atoms with Gasteiger partial charge in [-0.05, 0) is 48.7 Å². The Balaban J connectivity index is 1.60. The van der Waals surface area contributed by atoms with Crippen LogP contribution in [0.5, 0.6) is 0 Å². The van der Waals surface area contributed by atoms with Crippen LogP contribution in [0.2, 0.25) is 5.02 Å². The molecule has 0 aromatic heterocycles. The number of nitrogens with zero attached hydrogens (tertiary/aromatic N) is 1. The molecule has 1 heterocycles. The van der Waals surface area contributed by atoms with Crippen LogP contribution < -0.4 is 10.2 Å². The summed E-state index contributed by atoms with van der Waals surface area (Å²) in [6.45, 7) is 2.63. The zero-order valence-electron chi connectivity index (χ0n) is 12.7. The van der Waals surface area contributed by atoms with Crippen LogP contribution in [-0.4, -0.2) is 19.0 Å². The Labute approximate surface area is 140 Å². The second-order valence-electron chi connectivity index (χ2n) is 5.67. The van der Waals surface area contributed by atoms with Crippen molar-refractivity contribution in [3.8, 4) is 0 Å². The zero-order valence-corrected chi connectivity index (χ0v) is 13.4. The lowest BCUT2D eigenvalue weighted by atomic mass is 10.1. The summed E-state index contributed by atoms with van der Waals surface area (Å²) in [5, 5.41) is 2.92. The molecule has 0 atom stereocenters. The maximum atomic E-state index is 13.0. The van der Waals surface area contributed by atoms with Crippen molar-refractivity contribution in [2.45, 2.75) is 19.4 Å². The van der Waals surface area contributed by atoms with Gasteiger partial charge in [0, 0.05) is 25.3 Å². The number of carbonyl (C=O) groups is 1. The summed E-state index contributed by atoms with van der Waals surface area (Å²) < 4.78 is 13.0. The number of amides is 1. The summed E-state index contributed by atoms with van der Waals surface area (Å²) in [7, 11) is 0. The number of anilines is 1. The molecule has 0 aliphatic carbocycles. The van der Waals surface area contributed by atoms with E-state index in [1.54, 1.807) is 0 Å². The fourth-order valence-corrected chi connectivity index (χ4v) is 3.00. The quantitative estimate of drug-likeness (QED) is 0.917. The number of hydrogen-bond donors (Lipinski definition) is 1. The predicted octanol–water partition coefficient (Wildman–Crippen LogP) is 4.01. The maximum absolute atomic E-state index is 13.0. The standard InChI is InChI=1S/C18H18ClFN2O/c19-17-11-14(20)5-8-16(17)18(23)21-12-13-3-6-15(7-4-13)22-9-1-2-10-22/h3-8,11H,1-2,9-10,12H2,(H,21,23). The van der Waals surface area contributed by atoms with Gasteiger partial charge in [0.2, 0.25) is 0 Å². The summed E-state index contributed by atoms with van der Waals surface area (Å²) in [4.78, 5) is 14.5. The van der Waals surface area contributed by atoms with E-state index < -0.39 is 5.82 Å². The summed E-state index contributed by atoms with van der Waals surface area (Å²) in [6.07, 6.45) is 2.49. The van der Waals surface area contributed by atoms with Crippen molar-refractivity contribution in [2.75, 3.05) is 18.0 Å². The summed E-state index contributed by atoms with van der Waals surface area (Å²) >= 11 is 5.89. The molecule has 0 saturated carbocycles. The normalized spacial score (nSPS) is 14.1. The molecule has 1 aliphatic rings. The van der Waals surface area contributed by atoms with Crippen molar-refractivity contribution >= 4 is 23.2 Å². The van der Waals surface area contributed by atoms with E-state index in [9.17, 15) is 9.18 Å². The van der Waals surface area contributed by atoms with Crippen LogP contribution >= 0.6 is 11.6 Å². The van der Waals surface area contributed by atoms with Gasteiger partial charge >= 0.3 is 0 Å². The van der Waals surface area contributed by atoms with Gasteiger partial charge < -0.3 is 10.2 Å². The number of carbonyl (C=O) groups excluding carboxylic acids is 1. The summed E-state index contributed by atoms with van der Waals surface area (Å²) in [5.74, 6) is -0.761. The Morgan fingerprint density at radius 1 is 1.13 bits per heavy atom. The van der Waals surface area contributed by atoms with E-state index in [1.807, 2.05) is 12.1 Å². The lowest BCUT2D eigenvalue weighted by Gasteiger charge is -2.17. The molecule has 2 aromatic rings. The smallest absolute Gasteiger partial charge is 0.253 e. The van der Waals surface area contributed by atoms with Crippen molar-refractivity contribution in [1.82, 2.24) is 5.32 Å². The van der Waals surface area contributed by atoms with Gasteiger partial charge in [0.15, 0.2) is 0 Å². The van der Waals surface area contributed by atoms with E-state index >= 15 is 0 Å². The molecule has 23 heavy (non-hydrogen) atoms. The molecule has 0 unspecified atom stereocenters. The van der Waals surface area contributed by atoms with Crippen LogP contribution in [0.1, 0.15) is 28.8 Å². The molecular formula is C18H18ClFN2O. The Morgan fingerprint density at radius 2 is 1.83 bits per heavy atom. The number of halogens is 2. The summed E-state index contributed by atoms with van der Waals surface area (Å²) in [6, 6.07) is 12.0. The summed E-state index contributed by atoms with van der Waals surface area (Å²) in [5.41, 5.74) is 2.51. The molecule has 1 fully saturated rings. The van der Waals surface area contributed by atoms with E-state index in [4.69, 9.17) is 11.6 Å². The predicted molar refractivity (Wildman–Crippen MR) is 90.5 cm³/mol. The molecule has 1 amide bonds. The van der Waals surface area contributed by atoms with Gasteiger partial charge in [-0.3, -0.25) is 4.79 Å². The Morgan fingerprint density at radius 3 is 2.48 bits per heavy atom. The Kier molecular flexibility index (Phi) is 4.82. The molecule has 1 aliphatic heterocycles. The molecule has 3 nitrogen and oxygen atoms in total. The van der Waals surface area contributed by atoms with Gasteiger partial charge in [0.05, 0.1) is 10.6 Å². The third-order valence-corrected chi connectivity index (χ3v) is 4.35. The molecule has 5 heteroatoms. The SMILES string of the molecule is O=C(NCc1ccc(N2CCCC2)cc1)c1ccc(F)cc1Cl. The molecule has 1 N–H and O–H groups in total. The van der Waals surface area contributed by atoms with Crippen LogP contribution in [0, 0.1) is 5.82 Å². The van der Waals surface area contributed by atoms with Crippen LogP contribution in [0.4, 0.5) is 10.1 Å². The third-order valence-electron chi connectivity index (χ3n) is 4.04. The highest BCUT2D eigenvalue weighted by molar-refractivity contribution is 6.33. The van der Waals surface area contributed by atoms with Crippen LogP contribution in [0.25, 0.3) is 0 Å². The van der Waals surface area contributed by atoms with E-state index in [0.29, 0.717) is 6.54 Å². The highest BCUT2D eigenvalue weighted by Gasteiger charge is 2.13. The largest absolute Gasteiger partial charge is 0.372 e. The Bertz CT molecular complexity index is 697. The lowest BCUT2D eigenvalue weighted by molar-refractivity contribution is 0.0951. The van der Waals surface area contributed by atoms with Gasteiger partial charge in [-0.15, -0.1) is 0 Å². The highest BCUT2D eigenvalue weighted by Crippen LogP contribution is 2.21. The first-order valence-corrected chi connectivity index (χ1v) is 8.08. The van der Waals surface area contributed by atoms with Crippen molar-refractivity contribution < 1.29 is 9.18 Å². The fourth-order valence-electron chi connectivity index (χ4n) is 2.75. The zero-order chi connectivity index (χ0) is 16.2. The number of benzene rings is 2. The number of nitrogens with one attached hydrogen (secondary N) is 1. The fraction of sp³-hybridized carbons (Fsp3) is 0.278. The highest BCUT2D eigenvalue weighted by atomic mass is 35.5. The number of rotatable bonds is 4. The minimum Gasteiger partial charge on any atom is -0.372 e. The average molecular weight is 333 g/mol. The van der Waals surface area contributed by atoms with Gasteiger partial charge in [0.1, 0.15) is 5.82 Å². The topological polar surface area (TPSA) is 32.3 Å². The van der Waals surface area contributed by atoms with Gasteiger partial charge in [-0.2, -0.15) is 0 Å². The molecule has 0 bridgehead atoms. The van der Waals surface area contributed by atoms with Crippen molar-refractivity contribution in [2.24, 2.45) is 0 Å². The van der Waals surface area contributed by atoms with Crippen molar-refractivity contribution in [3.05, 3.63) is 64.4 Å². The van der Waals surface area contributed by atoms with E-state index in [1.165, 1.54) is 30.7 Å². The molecule has 2 aromatic carbocycles. The third kappa shape index (κ3) is 3.82. The average Bonchev–Trinajstić information content (AvgIpc) is 3.07. The van der Waals surface area contributed by atoms with Crippen molar-refractivity contribution in [1.29, 1.82) is 0 Å². The van der Waals surface area contributed by atoms with Gasteiger partial charge in [0.25, 0.3) is 5.91 Å². The second kappa shape index (κ2) is 7.01. The molecule has 0 spiro atoms. The van der Waals surface area contributed by atoms with Crippen LogP contribution in [-0.2, 0) is 6.54 Å². The van der Waals surface area contributed by atoms with E-state index in [2.05, 4.69) is 22.3 Å². The van der Waals surface area contributed by atoms with Crippen LogP contribution in [0.3, 0.4) is 0 Å². The van der Waals surface area contributed by atoms with E-state index in [0.717, 1.165) is 24.7 Å². The lowest BCUT2D eigenvalue weighted by Crippen LogP contribution is -2.23. The molecule has 0 radical (unpaired) electrons. The molecule has 120 valence electrons. The monoisotopic (exact) mass is 332 g/mol. The Hall–Kier alpha value is -2.07. The van der Waals surface area contributed by atoms with E-state index in [-0.39, 0.29) is 16.5 Å². The van der Waals surface area contributed by atoms with Crippen LogP contribution in [0.15, 0.2) is 42.5 Å².